The number of carbonyl (C=O) groups excluding carboxylic acids is 2. The molecule has 2 atom stereocenters. The highest BCUT2D eigenvalue weighted by atomic mass is 16.4. The smallest absolute Gasteiger partial charge is 0.321 e. The van der Waals surface area contributed by atoms with Gasteiger partial charge in [0.2, 0.25) is 5.91 Å². The van der Waals surface area contributed by atoms with E-state index in [2.05, 4.69) is 5.32 Å². The van der Waals surface area contributed by atoms with Gasteiger partial charge in [0.05, 0.1) is 5.92 Å². The van der Waals surface area contributed by atoms with Gasteiger partial charge < -0.3 is 20.2 Å². The summed E-state index contributed by atoms with van der Waals surface area (Å²) in [4.78, 5) is 39.2. The van der Waals surface area contributed by atoms with Gasteiger partial charge in [-0.1, -0.05) is 6.92 Å². The Morgan fingerprint density at radius 2 is 2.04 bits per heavy atom. The van der Waals surface area contributed by atoms with Crippen molar-refractivity contribution in [3.05, 3.63) is 23.8 Å². The fraction of sp³-hybridized carbons (Fsp3) is 0.526. The molecule has 0 bridgehead atoms. The van der Waals surface area contributed by atoms with Gasteiger partial charge in [-0.15, -0.1) is 0 Å². The van der Waals surface area contributed by atoms with Crippen molar-refractivity contribution in [2.75, 3.05) is 29.9 Å². The zero-order valence-electron chi connectivity index (χ0n) is 15.2. The number of carbonyl (C=O) groups is 3. The molecule has 2 unspecified atom stereocenters. The molecule has 1 fully saturated rings. The summed E-state index contributed by atoms with van der Waals surface area (Å²) in [7, 11) is 0. The number of aryl methyl sites for hydroxylation is 1. The number of amides is 3. The van der Waals surface area contributed by atoms with Gasteiger partial charge in [-0.2, -0.15) is 0 Å². The highest BCUT2D eigenvalue weighted by molar-refractivity contribution is 5.97. The lowest BCUT2D eigenvalue weighted by Gasteiger charge is -2.34. The van der Waals surface area contributed by atoms with Crippen molar-refractivity contribution in [1.82, 2.24) is 4.90 Å². The molecule has 0 aliphatic carbocycles. The average molecular weight is 359 g/mol. The Balaban J connectivity index is 1.72. The highest BCUT2D eigenvalue weighted by Crippen LogP contribution is 2.30. The maximum absolute atomic E-state index is 12.6. The zero-order chi connectivity index (χ0) is 18.8. The quantitative estimate of drug-likeness (QED) is 0.868. The van der Waals surface area contributed by atoms with Crippen LogP contribution in [0.4, 0.5) is 16.2 Å². The maximum atomic E-state index is 12.6. The van der Waals surface area contributed by atoms with Crippen LogP contribution in [0, 0.1) is 11.8 Å². The van der Waals surface area contributed by atoms with Crippen molar-refractivity contribution in [1.29, 1.82) is 0 Å². The molecule has 7 heteroatoms. The van der Waals surface area contributed by atoms with E-state index in [-0.39, 0.29) is 24.4 Å². The van der Waals surface area contributed by atoms with E-state index in [1.54, 1.807) is 15.9 Å². The summed E-state index contributed by atoms with van der Waals surface area (Å²) < 4.78 is 0. The van der Waals surface area contributed by atoms with Gasteiger partial charge in [0.15, 0.2) is 0 Å². The number of nitrogens with one attached hydrogen (secondary N) is 1. The topological polar surface area (TPSA) is 90.0 Å². The molecule has 0 aromatic heterocycles. The van der Waals surface area contributed by atoms with Crippen molar-refractivity contribution in [3.8, 4) is 0 Å². The summed E-state index contributed by atoms with van der Waals surface area (Å²) in [6.07, 6.45) is 1.73. The van der Waals surface area contributed by atoms with E-state index in [0.717, 1.165) is 11.3 Å². The molecule has 2 N–H and O–H groups in total. The predicted molar refractivity (Wildman–Crippen MR) is 98.3 cm³/mol. The summed E-state index contributed by atoms with van der Waals surface area (Å²) in [6, 6.07) is 5.29. The Morgan fingerprint density at radius 3 is 2.73 bits per heavy atom. The molecule has 140 valence electrons. The molecule has 1 saturated heterocycles. The summed E-state index contributed by atoms with van der Waals surface area (Å²) in [5.74, 6) is -1.09. The van der Waals surface area contributed by atoms with E-state index in [9.17, 15) is 19.5 Å². The van der Waals surface area contributed by atoms with E-state index in [4.69, 9.17) is 0 Å². The van der Waals surface area contributed by atoms with E-state index in [0.29, 0.717) is 38.0 Å². The highest BCUT2D eigenvalue weighted by Gasteiger charge is 2.32. The molecule has 2 aliphatic rings. The molecule has 7 nitrogen and oxygen atoms in total. The van der Waals surface area contributed by atoms with Crippen LogP contribution in [-0.4, -0.2) is 47.5 Å². The van der Waals surface area contributed by atoms with Gasteiger partial charge in [0.25, 0.3) is 0 Å². The first-order chi connectivity index (χ1) is 12.4. The number of rotatable bonds is 3. The second kappa shape index (κ2) is 7.35. The fourth-order valence-electron chi connectivity index (χ4n) is 3.88. The number of anilines is 2. The van der Waals surface area contributed by atoms with E-state index in [1.807, 2.05) is 26.0 Å². The van der Waals surface area contributed by atoms with Gasteiger partial charge in [-0.05, 0) is 49.4 Å². The Hall–Kier alpha value is -2.57. The zero-order valence-corrected chi connectivity index (χ0v) is 15.2. The first kappa shape index (κ1) is 18.2. The molecule has 3 rings (SSSR count). The lowest BCUT2D eigenvalue weighted by molar-refractivity contribution is -0.143. The number of hydrogen-bond acceptors (Lipinski definition) is 3. The van der Waals surface area contributed by atoms with Crippen molar-refractivity contribution in [2.24, 2.45) is 11.8 Å². The molecule has 2 aliphatic heterocycles. The molecule has 2 heterocycles. The van der Waals surface area contributed by atoms with Crippen LogP contribution in [0.15, 0.2) is 18.2 Å². The van der Waals surface area contributed by atoms with E-state index < -0.39 is 11.9 Å². The minimum absolute atomic E-state index is 0.124. The summed E-state index contributed by atoms with van der Waals surface area (Å²) >= 11 is 0. The molecule has 1 aromatic carbocycles. The number of nitrogens with zero attached hydrogens (tertiary/aromatic N) is 2. The molecular formula is C19H25N3O4. The van der Waals surface area contributed by atoms with E-state index in [1.165, 1.54) is 0 Å². The van der Waals surface area contributed by atoms with Crippen LogP contribution >= 0.6 is 0 Å². The molecular weight excluding hydrogens is 334 g/mol. The van der Waals surface area contributed by atoms with Crippen LogP contribution in [0.3, 0.4) is 0 Å². The monoisotopic (exact) mass is 359 g/mol. The van der Waals surface area contributed by atoms with Crippen LogP contribution in [0.1, 0.15) is 32.3 Å². The molecule has 0 saturated carbocycles. The second-order valence-electron chi connectivity index (χ2n) is 7.19. The molecule has 0 spiro atoms. The van der Waals surface area contributed by atoms with Gasteiger partial charge >= 0.3 is 12.0 Å². The number of fused-ring (bicyclic) bond motifs is 1. The number of likely N-dealkylation sites (tertiary alicyclic amines) is 1. The number of benzene rings is 1. The Bertz CT molecular complexity index is 733. The number of hydrogen-bond donors (Lipinski definition) is 2. The number of aliphatic carboxylic acids is 1. The second-order valence-corrected chi connectivity index (χ2v) is 7.19. The summed E-state index contributed by atoms with van der Waals surface area (Å²) in [6.45, 7) is 5.32. The minimum Gasteiger partial charge on any atom is -0.481 e. The predicted octanol–water partition coefficient (Wildman–Crippen LogP) is 2.56. The SMILES string of the molecule is CCN1C(=O)CCc2cc(NC(=O)N3CC(C)CC(C(=O)O)C3)ccc21. The number of carboxylic acid groups (broad SMARTS) is 1. The van der Waals surface area contributed by atoms with Gasteiger partial charge in [-0.25, -0.2) is 4.79 Å². The third-order valence-electron chi connectivity index (χ3n) is 5.14. The Morgan fingerprint density at radius 1 is 1.27 bits per heavy atom. The summed E-state index contributed by atoms with van der Waals surface area (Å²) in [5.41, 5.74) is 2.61. The standard InChI is InChI=1S/C19H25N3O4/c1-3-22-16-6-5-15(9-13(16)4-7-17(22)23)20-19(26)21-10-12(2)8-14(11-21)18(24)25/h5-6,9,12,14H,3-4,7-8,10-11H2,1-2H3,(H,20,26)(H,24,25). The lowest BCUT2D eigenvalue weighted by atomic mass is 9.91. The van der Waals surface area contributed by atoms with Gasteiger partial charge in [0, 0.05) is 37.4 Å². The molecule has 1 aromatic rings. The van der Waals surface area contributed by atoms with Gasteiger partial charge in [-0.3, -0.25) is 9.59 Å². The Labute approximate surface area is 153 Å². The van der Waals surface area contributed by atoms with Crippen molar-refractivity contribution in [3.63, 3.8) is 0 Å². The lowest BCUT2D eigenvalue weighted by Crippen LogP contribution is -2.47. The largest absolute Gasteiger partial charge is 0.481 e. The third kappa shape index (κ3) is 3.66. The number of urea groups is 1. The molecule has 0 radical (unpaired) electrons. The van der Waals surface area contributed by atoms with Crippen molar-refractivity contribution < 1.29 is 19.5 Å². The van der Waals surface area contributed by atoms with Crippen LogP contribution in [0.2, 0.25) is 0 Å². The first-order valence-corrected chi connectivity index (χ1v) is 9.11. The van der Waals surface area contributed by atoms with Crippen LogP contribution < -0.4 is 10.2 Å². The fourth-order valence-corrected chi connectivity index (χ4v) is 3.88. The number of carboxylic acids is 1. The average Bonchev–Trinajstić information content (AvgIpc) is 2.61. The normalized spacial score (nSPS) is 22.8. The van der Waals surface area contributed by atoms with Crippen LogP contribution in [-0.2, 0) is 16.0 Å². The maximum Gasteiger partial charge on any atom is 0.321 e. The van der Waals surface area contributed by atoms with Crippen molar-refractivity contribution in [2.45, 2.75) is 33.1 Å². The van der Waals surface area contributed by atoms with Crippen molar-refractivity contribution >= 4 is 29.3 Å². The molecule has 3 amide bonds. The van der Waals surface area contributed by atoms with Gasteiger partial charge in [0.1, 0.15) is 0 Å². The minimum atomic E-state index is -0.854. The third-order valence-corrected chi connectivity index (χ3v) is 5.14. The van der Waals surface area contributed by atoms with Crippen LogP contribution in [0.5, 0.6) is 0 Å². The first-order valence-electron chi connectivity index (χ1n) is 9.11. The summed E-state index contributed by atoms with van der Waals surface area (Å²) in [5, 5.41) is 12.1. The molecule has 26 heavy (non-hydrogen) atoms. The number of piperidine rings is 1. The Kier molecular flexibility index (Phi) is 5.15. The van der Waals surface area contributed by atoms with E-state index >= 15 is 0 Å². The van der Waals surface area contributed by atoms with Crippen LogP contribution in [0.25, 0.3) is 0 Å².